The Balaban J connectivity index is 3.24. The smallest absolute Gasteiger partial charge is 0.330 e. The lowest BCUT2D eigenvalue weighted by Gasteiger charge is -2.04. The van der Waals surface area contributed by atoms with Crippen LogP contribution in [-0.2, 0) is 9.53 Å². The highest BCUT2D eigenvalue weighted by Gasteiger charge is 1.96. The Morgan fingerprint density at radius 2 is 1.93 bits per heavy atom. The summed E-state index contributed by atoms with van der Waals surface area (Å²) in [6.45, 7) is 8.41. The fourth-order valence-corrected chi connectivity index (χ4v) is 1.07. The summed E-state index contributed by atoms with van der Waals surface area (Å²) in [7, 11) is 0. The minimum atomic E-state index is -0.233. The van der Waals surface area contributed by atoms with Crippen molar-refractivity contribution in [1.82, 2.24) is 5.32 Å². The minimum Gasteiger partial charge on any atom is -0.462 e. The third-order valence-corrected chi connectivity index (χ3v) is 1.86. The number of carbonyl (C=O) groups excluding carboxylic acids is 1. The Morgan fingerprint density at radius 1 is 1.27 bits per heavy atom. The van der Waals surface area contributed by atoms with Gasteiger partial charge in [-0.15, -0.1) is 0 Å². The lowest BCUT2D eigenvalue weighted by atomic mass is 10.3. The number of allylic oxidation sites excluding steroid dienone is 1. The zero-order chi connectivity index (χ0) is 11.5. The Bertz CT molecular complexity index is 196. The van der Waals surface area contributed by atoms with Gasteiger partial charge in [-0.3, -0.25) is 0 Å². The van der Waals surface area contributed by atoms with E-state index in [1.165, 1.54) is 18.9 Å². The zero-order valence-electron chi connectivity index (χ0n) is 10.1. The number of rotatable bonds is 8. The van der Waals surface area contributed by atoms with Crippen LogP contribution in [0.2, 0.25) is 0 Å². The Kier molecular flexibility index (Phi) is 9.18. The molecule has 0 aromatic heterocycles. The van der Waals surface area contributed by atoms with Gasteiger partial charge in [0.1, 0.15) is 0 Å². The van der Waals surface area contributed by atoms with Gasteiger partial charge in [0.2, 0.25) is 0 Å². The van der Waals surface area contributed by atoms with Crippen molar-refractivity contribution in [3.8, 4) is 0 Å². The highest BCUT2D eigenvalue weighted by atomic mass is 16.5. The van der Waals surface area contributed by atoms with E-state index < -0.39 is 0 Å². The molecule has 0 aliphatic rings. The van der Waals surface area contributed by atoms with Crippen molar-refractivity contribution in [3.63, 3.8) is 0 Å². The molecule has 0 aromatic carbocycles. The molecule has 0 amide bonds. The molecule has 0 saturated heterocycles. The number of hydrogen-bond donors (Lipinski definition) is 1. The van der Waals surface area contributed by atoms with E-state index in [2.05, 4.69) is 12.2 Å². The van der Waals surface area contributed by atoms with E-state index >= 15 is 0 Å². The number of unbranched alkanes of at least 4 members (excludes halogenated alkanes) is 1. The second-order valence-electron chi connectivity index (χ2n) is 3.85. The van der Waals surface area contributed by atoms with E-state index in [1.807, 2.05) is 13.8 Å². The molecule has 0 saturated carbocycles. The summed E-state index contributed by atoms with van der Waals surface area (Å²) in [6.07, 6.45) is 4.82. The van der Waals surface area contributed by atoms with E-state index in [9.17, 15) is 4.79 Å². The third kappa shape index (κ3) is 11.1. The molecule has 88 valence electrons. The molecule has 0 atom stereocenters. The van der Waals surface area contributed by atoms with Crippen LogP contribution >= 0.6 is 0 Å². The fourth-order valence-electron chi connectivity index (χ4n) is 1.07. The van der Waals surface area contributed by atoms with Gasteiger partial charge in [-0.05, 0) is 39.8 Å². The molecular formula is C12H23NO2. The maximum atomic E-state index is 11.1. The average Bonchev–Trinajstić information content (AvgIpc) is 2.15. The molecule has 0 aromatic rings. The van der Waals surface area contributed by atoms with Crippen molar-refractivity contribution in [2.45, 2.75) is 40.0 Å². The van der Waals surface area contributed by atoms with Crippen molar-refractivity contribution in [3.05, 3.63) is 11.6 Å². The molecule has 3 nitrogen and oxygen atoms in total. The topological polar surface area (TPSA) is 38.3 Å². The molecule has 0 heterocycles. The van der Waals surface area contributed by atoms with E-state index in [0.29, 0.717) is 6.61 Å². The molecule has 0 radical (unpaired) electrons. The number of carbonyl (C=O) groups is 1. The van der Waals surface area contributed by atoms with Crippen LogP contribution in [0.1, 0.15) is 40.0 Å². The molecule has 1 N–H and O–H groups in total. The predicted molar refractivity (Wildman–Crippen MR) is 62.8 cm³/mol. The lowest BCUT2D eigenvalue weighted by molar-refractivity contribution is -0.137. The van der Waals surface area contributed by atoms with Crippen molar-refractivity contribution >= 4 is 5.97 Å². The summed E-state index contributed by atoms with van der Waals surface area (Å²) in [5, 5.41) is 3.29. The van der Waals surface area contributed by atoms with Gasteiger partial charge >= 0.3 is 5.97 Å². The standard InChI is InChI=1S/C12H23NO2/c1-4-5-7-13-8-6-9-15-12(14)10-11(2)3/h10,13H,4-9H2,1-3H3. The summed E-state index contributed by atoms with van der Waals surface area (Å²) < 4.78 is 5.00. The van der Waals surface area contributed by atoms with Gasteiger partial charge in [0.25, 0.3) is 0 Å². The van der Waals surface area contributed by atoms with Crippen molar-refractivity contribution in [1.29, 1.82) is 0 Å². The second-order valence-corrected chi connectivity index (χ2v) is 3.85. The highest BCUT2D eigenvalue weighted by Crippen LogP contribution is 1.91. The van der Waals surface area contributed by atoms with Crippen LogP contribution in [0.25, 0.3) is 0 Å². The van der Waals surface area contributed by atoms with Gasteiger partial charge < -0.3 is 10.1 Å². The van der Waals surface area contributed by atoms with Gasteiger partial charge in [0.05, 0.1) is 6.61 Å². The van der Waals surface area contributed by atoms with Crippen LogP contribution in [0.3, 0.4) is 0 Å². The first-order valence-corrected chi connectivity index (χ1v) is 5.69. The largest absolute Gasteiger partial charge is 0.462 e. The molecule has 0 aliphatic heterocycles. The SMILES string of the molecule is CCCCNCCCOC(=O)C=C(C)C. The lowest BCUT2D eigenvalue weighted by Crippen LogP contribution is -2.18. The van der Waals surface area contributed by atoms with Crippen LogP contribution in [-0.4, -0.2) is 25.7 Å². The maximum Gasteiger partial charge on any atom is 0.330 e. The van der Waals surface area contributed by atoms with Crippen LogP contribution in [0.4, 0.5) is 0 Å². The van der Waals surface area contributed by atoms with Crippen LogP contribution in [0, 0.1) is 0 Å². The molecule has 3 heteroatoms. The Labute approximate surface area is 92.9 Å². The molecule has 0 rings (SSSR count). The molecule has 0 unspecified atom stereocenters. The van der Waals surface area contributed by atoms with Gasteiger partial charge in [-0.1, -0.05) is 18.9 Å². The summed E-state index contributed by atoms with van der Waals surface area (Å²) in [5.41, 5.74) is 0.973. The number of esters is 1. The molecule has 15 heavy (non-hydrogen) atoms. The zero-order valence-corrected chi connectivity index (χ0v) is 10.1. The van der Waals surface area contributed by atoms with Gasteiger partial charge in [0, 0.05) is 6.08 Å². The summed E-state index contributed by atoms with van der Waals surface area (Å²) in [6, 6.07) is 0. The molecular weight excluding hydrogens is 190 g/mol. The van der Waals surface area contributed by atoms with Crippen LogP contribution < -0.4 is 5.32 Å². The molecule has 0 aliphatic carbocycles. The third-order valence-electron chi connectivity index (χ3n) is 1.86. The summed E-state index contributed by atoms with van der Waals surface area (Å²) >= 11 is 0. The first-order valence-electron chi connectivity index (χ1n) is 5.69. The summed E-state index contributed by atoms with van der Waals surface area (Å²) in [4.78, 5) is 11.1. The van der Waals surface area contributed by atoms with Crippen LogP contribution in [0.15, 0.2) is 11.6 Å². The number of hydrogen-bond acceptors (Lipinski definition) is 3. The first kappa shape index (κ1) is 14.2. The monoisotopic (exact) mass is 213 g/mol. The van der Waals surface area contributed by atoms with E-state index in [0.717, 1.165) is 25.1 Å². The minimum absolute atomic E-state index is 0.233. The Morgan fingerprint density at radius 3 is 2.53 bits per heavy atom. The van der Waals surface area contributed by atoms with E-state index in [4.69, 9.17) is 4.74 Å². The summed E-state index contributed by atoms with van der Waals surface area (Å²) in [5.74, 6) is -0.233. The van der Waals surface area contributed by atoms with Crippen molar-refractivity contribution in [2.75, 3.05) is 19.7 Å². The Hall–Kier alpha value is -0.830. The molecule has 0 fully saturated rings. The number of ether oxygens (including phenoxy) is 1. The maximum absolute atomic E-state index is 11.1. The van der Waals surface area contributed by atoms with Crippen molar-refractivity contribution in [2.24, 2.45) is 0 Å². The average molecular weight is 213 g/mol. The second kappa shape index (κ2) is 9.71. The van der Waals surface area contributed by atoms with Crippen LogP contribution in [0.5, 0.6) is 0 Å². The van der Waals surface area contributed by atoms with E-state index in [1.54, 1.807) is 0 Å². The quantitative estimate of drug-likeness (QED) is 0.382. The number of nitrogens with one attached hydrogen (secondary N) is 1. The molecule has 0 bridgehead atoms. The van der Waals surface area contributed by atoms with Gasteiger partial charge in [-0.2, -0.15) is 0 Å². The van der Waals surface area contributed by atoms with E-state index in [-0.39, 0.29) is 5.97 Å². The first-order chi connectivity index (χ1) is 7.16. The van der Waals surface area contributed by atoms with Gasteiger partial charge in [-0.25, -0.2) is 4.79 Å². The predicted octanol–water partition coefficient (Wildman–Crippen LogP) is 2.28. The van der Waals surface area contributed by atoms with Crippen molar-refractivity contribution < 1.29 is 9.53 Å². The molecule has 0 spiro atoms. The highest BCUT2D eigenvalue weighted by molar-refractivity contribution is 5.82. The van der Waals surface area contributed by atoms with Gasteiger partial charge in [0.15, 0.2) is 0 Å². The fraction of sp³-hybridized carbons (Fsp3) is 0.750. The normalized spacial score (nSPS) is 9.80.